The first-order valence-corrected chi connectivity index (χ1v) is 8.99. The number of rotatable bonds is 5. The molecule has 2 aromatic rings. The molecule has 6 nitrogen and oxygen atoms in total. The third-order valence-electron chi connectivity index (χ3n) is 5.77. The van der Waals surface area contributed by atoms with Gasteiger partial charge in [0.25, 0.3) is 0 Å². The maximum atomic E-state index is 13.5. The summed E-state index contributed by atoms with van der Waals surface area (Å²) in [7, 11) is 0. The highest BCUT2D eigenvalue weighted by atomic mass is 16.4. The number of anilines is 3. The Morgan fingerprint density at radius 3 is 2.56 bits per heavy atom. The second kappa shape index (κ2) is 5.82. The van der Waals surface area contributed by atoms with Crippen LogP contribution in [-0.2, 0) is 10.2 Å². The van der Waals surface area contributed by atoms with Crippen LogP contribution in [0.3, 0.4) is 0 Å². The van der Waals surface area contributed by atoms with Crippen LogP contribution in [-0.4, -0.2) is 35.2 Å². The van der Waals surface area contributed by atoms with Crippen LogP contribution >= 0.6 is 0 Å². The SMILES string of the molecule is CC1(C)C[C@@]12C(=O)N(c1cc(NCCO)cc(C(=O)O)c1)c1ccccc12. The lowest BCUT2D eigenvalue weighted by Crippen LogP contribution is -2.31. The number of carboxylic acid groups (broad SMARTS) is 1. The molecule has 3 N–H and O–H groups in total. The number of aromatic carboxylic acids is 1. The highest BCUT2D eigenvalue weighted by Crippen LogP contribution is 2.70. The number of fused-ring (bicyclic) bond motifs is 2. The summed E-state index contributed by atoms with van der Waals surface area (Å²) in [5.74, 6) is -1.07. The molecule has 0 aromatic heterocycles. The van der Waals surface area contributed by atoms with E-state index < -0.39 is 11.4 Å². The van der Waals surface area contributed by atoms with E-state index in [-0.39, 0.29) is 23.5 Å². The predicted octanol–water partition coefficient (Wildman–Crippen LogP) is 3.14. The van der Waals surface area contributed by atoms with Crippen molar-refractivity contribution in [1.29, 1.82) is 0 Å². The minimum Gasteiger partial charge on any atom is -0.478 e. The molecule has 1 spiro atoms. The number of nitrogens with one attached hydrogen (secondary N) is 1. The smallest absolute Gasteiger partial charge is 0.335 e. The third-order valence-corrected chi connectivity index (χ3v) is 5.77. The van der Waals surface area contributed by atoms with E-state index in [1.165, 1.54) is 12.1 Å². The van der Waals surface area contributed by atoms with Crippen LogP contribution in [0.15, 0.2) is 42.5 Å². The summed E-state index contributed by atoms with van der Waals surface area (Å²) >= 11 is 0. The Bertz CT molecular complexity index is 953. The molecular weight excluding hydrogens is 344 g/mol. The molecule has 1 saturated carbocycles. The van der Waals surface area contributed by atoms with E-state index in [1.807, 2.05) is 24.3 Å². The van der Waals surface area contributed by atoms with Gasteiger partial charge >= 0.3 is 5.97 Å². The number of amides is 1. The van der Waals surface area contributed by atoms with Gasteiger partial charge in [-0.15, -0.1) is 0 Å². The van der Waals surface area contributed by atoms with Crippen molar-refractivity contribution in [3.05, 3.63) is 53.6 Å². The number of para-hydroxylation sites is 1. The van der Waals surface area contributed by atoms with Gasteiger partial charge in [0, 0.05) is 12.2 Å². The molecule has 0 saturated heterocycles. The van der Waals surface area contributed by atoms with Crippen LogP contribution < -0.4 is 10.2 Å². The average molecular weight is 366 g/mol. The van der Waals surface area contributed by atoms with Gasteiger partial charge in [-0.05, 0) is 41.7 Å². The van der Waals surface area contributed by atoms with E-state index in [0.29, 0.717) is 17.9 Å². The molecule has 1 heterocycles. The van der Waals surface area contributed by atoms with Crippen LogP contribution in [0.5, 0.6) is 0 Å². The highest BCUT2D eigenvalue weighted by molar-refractivity contribution is 6.16. The van der Waals surface area contributed by atoms with Crippen LogP contribution in [0.25, 0.3) is 0 Å². The topological polar surface area (TPSA) is 89.9 Å². The van der Waals surface area contributed by atoms with E-state index in [1.54, 1.807) is 11.0 Å². The Labute approximate surface area is 157 Å². The number of aliphatic hydroxyl groups excluding tert-OH is 1. The van der Waals surface area contributed by atoms with E-state index in [0.717, 1.165) is 17.7 Å². The fraction of sp³-hybridized carbons (Fsp3) is 0.333. The Morgan fingerprint density at radius 2 is 1.93 bits per heavy atom. The molecule has 1 amide bonds. The molecule has 1 fully saturated rings. The normalized spacial score (nSPS) is 22.0. The zero-order valence-corrected chi connectivity index (χ0v) is 15.3. The van der Waals surface area contributed by atoms with Gasteiger partial charge in [-0.3, -0.25) is 9.69 Å². The fourth-order valence-electron chi connectivity index (χ4n) is 4.31. The second-order valence-corrected chi connectivity index (χ2v) is 7.85. The minimum atomic E-state index is -1.06. The lowest BCUT2D eigenvalue weighted by molar-refractivity contribution is -0.120. The summed E-state index contributed by atoms with van der Waals surface area (Å²) in [5, 5.41) is 21.5. The van der Waals surface area contributed by atoms with Gasteiger partial charge in [0.1, 0.15) is 0 Å². The summed E-state index contributed by atoms with van der Waals surface area (Å²) in [5.41, 5.74) is 2.31. The first-order chi connectivity index (χ1) is 12.8. The van der Waals surface area contributed by atoms with Gasteiger partial charge in [0.2, 0.25) is 5.91 Å². The van der Waals surface area contributed by atoms with Crippen molar-refractivity contribution in [2.45, 2.75) is 25.7 Å². The summed E-state index contributed by atoms with van der Waals surface area (Å²) in [6, 6.07) is 12.5. The third kappa shape index (κ3) is 2.44. The predicted molar refractivity (Wildman–Crippen MR) is 103 cm³/mol. The molecule has 2 aliphatic rings. The van der Waals surface area contributed by atoms with Crippen LogP contribution in [0, 0.1) is 5.41 Å². The number of hydrogen-bond acceptors (Lipinski definition) is 4. The molecular formula is C21H22N2O4. The maximum absolute atomic E-state index is 13.5. The molecule has 1 aliphatic heterocycles. The number of aliphatic hydroxyl groups is 1. The summed E-state index contributed by atoms with van der Waals surface area (Å²) in [4.78, 5) is 26.7. The van der Waals surface area contributed by atoms with Crippen molar-refractivity contribution in [3.63, 3.8) is 0 Å². The number of carbonyl (C=O) groups is 2. The average Bonchev–Trinajstić information content (AvgIpc) is 3.14. The van der Waals surface area contributed by atoms with Gasteiger partial charge < -0.3 is 15.5 Å². The Morgan fingerprint density at radius 1 is 1.22 bits per heavy atom. The first kappa shape index (κ1) is 17.5. The fourth-order valence-corrected chi connectivity index (χ4v) is 4.31. The van der Waals surface area contributed by atoms with E-state index in [2.05, 4.69) is 19.2 Å². The largest absolute Gasteiger partial charge is 0.478 e. The number of carbonyl (C=O) groups excluding carboxylic acids is 1. The highest BCUT2D eigenvalue weighted by Gasteiger charge is 2.71. The molecule has 1 aliphatic carbocycles. The van der Waals surface area contributed by atoms with Crippen molar-refractivity contribution in [2.24, 2.45) is 5.41 Å². The Kier molecular flexibility index (Phi) is 3.78. The molecule has 2 aromatic carbocycles. The quantitative estimate of drug-likeness (QED) is 0.756. The molecule has 4 rings (SSSR count). The van der Waals surface area contributed by atoms with Gasteiger partial charge in [0.15, 0.2) is 0 Å². The second-order valence-electron chi connectivity index (χ2n) is 7.85. The summed E-state index contributed by atoms with van der Waals surface area (Å²) in [6.07, 6.45) is 0.778. The lowest BCUT2D eigenvalue weighted by atomic mass is 9.89. The zero-order chi connectivity index (χ0) is 19.4. The van der Waals surface area contributed by atoms with Crippen LogP contribution in [0.2, 0.25) is 0 Å². The number of nitrogens with zero attached hydrogens (tertiary/aromatic N) is 1. The van der Waals surface area contributed by atoms with E-state index >= 15 is 0 Å². The van der Waals surface area contributed by atoms with Crippen molar-refractivity contribution in [3.8, 4) is 0 Å². The van der Waals surface area contributed by atoms with Gasteiger partial charge in [-0.1, -0.05) is 32.0 Å². The molecule has 1 atom stereocenters. The first-order valence-electron chi connectivity index (χ1n) is 8.99. The van der Waals surface area contributed by atoms with E-state index in [9.17, 15) is 14.7 Å². The number of carboxylic acids is 1. The Balaban J connectivity index is 1.85. The van der Waals surface area contributed by atoms with Crippen LogP contribution in [0.1, 0.15) is 36.2 Å². The molecule has 0 unspecified atom stereocenters. The maximum Gasteiger partial charge on any atom is 0.335 e. The number of hydrogen-bond donors (Lipinski definition) is 3. The molecule has 140 valence electrons. The standard InChI is InChI=1S/C21H22N2O4/c1-20(2)12-21(20)16-5-3-4-6-17(16)23(19(21)27)15-10-13(18(25)26)9-14(11-15)22-7-8-24/h3-6,9-11,22,24H,7-8,12H2,1-2H3,(H,25,26)/t21-/m1/s1. The molecule has 6 heteroatoms. The summed E-state index contributed by atoms with van der Waals surface area (Å²) < 4.78 is 0. The molecule has 0 bridgehead atoms. The Hall–Kier alpha value is -2.86. The molecule has 27 heavy (non-hydrogen) atoms. The minimum absolute atomic E-state index is 0.00986. The van der Waals surface area contributed by atoms with Crippen molar-refractivity contribution >= 4 is 28.9 Å². The van der Waals surface area contributed by atoms with Gasteiger partial charge in [-0.25, -0.2) is 4.79 Å². The van der Waals surface area contributed by atoms with Crippen molar-refractivity contribution in [2.75, 3.05) is 23.4 Å². The summed E-state index contributed by atoms with van der Waals surface area (Å²) in [6.45, 7) is 4.40. The number of benzene rings is 2. The van der Waals surface area contributed by atoms with Crippen molar-refractivity contribution < 1.29 is 19.8 Å². The lowest BCUT2D eigenvalue weighted by Gasteiger charge is -2.21. The van der Waals surface area contributed by atoms with Crippen LogP contribution in [0.4, 0.5) is 17.1 Å². The van der Waals surface area contributed by atoms with Gasteiger partial charge in [-0.2, -0.15) is 0 Å². The van der Waals surface area contributed by atoms with Crippen molar-refractivity contribution in [1.82, 2.24) is 0 Å². The zero-order valence-electron chi connectivity index (χ0n) is 15.3. The van der Waals surface area contributed by atoms with Gasteiger partial charge in [0.05, 0.1) is 29.0 Å². The molecule has 0 radical (unpaired) electrons. The van der Waals surface area contributed by atoms with E-state index in [4.69, 9.17) is 5.11 Å². The monoisotopic (exact) mass is 366 g/mol.